The van der Waals surface area contributed by atoms with E-state index in [1.807, 2.05) is 0 Å². The zero-order valence-corrected chi connectivity index (χ0v) is 10.5. The molecule has 0 aromatic carbocycles. The van der Waals surface area contributed by atoms with Gasteiger partial charge in [0.25, 0.3) is 0 Å². The largest absolute Gasteiger partial charge is 0.338 e. The van der Waals surface area contributed by atoms with Gasteiger partial charge in [0.05, 0.1) is 12.1 Å². The maximum Gasteiger partial charge on any atom is 0.243 e. The Hall–Kier alpha value is -1.24. The van der Waals surface area contributed by atoms with E-state index in [-0.39, 0.29) is 12.1 Å². The molecule has 3 aliphatic rings. The quantitative estimate of drug-likeness (QED) is 0.775. The van der Waals surface area contributed by atoms with Crippen molar-refractivity contribution in [2.45, 2.75) is 18.5 Å². The third-order valence-electron chi connectivity index (χ3n) is 3.77. The van der Waals surface area contributed by atoms with E-state index in [4.69, 9.17) is 10.3 Å². The molecule has 1 aromatic heterocycles. The van der Waals surface area contributed by atoms with Crippen LogP contribution < -0.4 is 5.73 Å². The van der Waals surface area contributed by atoms with Crippen molar-refractivity contribution in [2.75, 3.05) is 32.7 Å². The van der Waals surface area contributed by atoms with Crippen LogP contribution in [0, 0.1) is 0 Å². The normalized spacial score (nSPS) is 32.4. The Morgan fingerprint density at radius 3 is 2.83 bits per heavy atom. The summed E-state index contributed by atoms with van der Waals surface area (Å²) in [6.45, 7) is 9.15. The van der Waals surface area contributed by atoms with E-state index in [0.717, 1.165) is 38.5 Å². The van der Waals surface area contributed by atoms with Crippen molar-refractivity contribution < 1.29 is 4.52 Å². The number of nitrogens with zero attached hydrogens (tertiary/aromatic N) is 4. The van der Waals surface area contributed by atoms with Crippen LogP contribution >= 0.6 is 0 Å². The number of hydrogen-bond donors (Lipinski definition) is 1. The van der Waals surface area contributed by atoms with Crippen molar-refractivity contribution in [1.29, 1.82) is 0 Å². The van der Waals surface area contributed by atoms with Crippen LogP contribution in [-0.4, -0.2) is 52.7 Å². The molecule has 6 heteroatoms. The minimum absolute atomic E-state index is 0.236. The fourth-order valence-corrected chi connectivity index (χ4v) is 2.68. The molecule has 1 aromatic rings. The minimum Gasteiger partial charge on any atom is -0.338 e. The van der Waals surface area contributed by atoms with E-state index in [2.05, 4.69) is 26.5 Å². The van der Waals surface area contributed by atoms with Gasteiger partial charge in [-0.05, 0) is 6.42 Å². The van der Waals surface area contributed by atoms with Crippen LogP contribution in [0.15, 0.2) is 17.2 Å². The van der Waals surface area contributed by atoms with Gasteiger partial charge in [-0.15, -0.1) is 6.58 Å². The van der Waals surface area contributed by atoms with Crippen LogP contribution in [0.1, 0.15) is 30.2 Å². The third-order valence-corrected chi connectivity index (χ3v) is 3.77. The fourth-order valence-electron chi connectivity index (χ4n) is 2.68. The molecule has 18 heavy (non-hydrogen) atoms. The van der Waals surface area contributed by atoms with E-state index >= 15 is 0 Å². The lowest BCUT2D eigenvalue weighted by molar-refractivity contribution is 0.00781. The number of nitrogens with two attached hydrogens (primary N) is 1. The highest BCUT2D eigenvalue weighted by Crippen LogP contribution is 2.27. The SMILES string of the molecule is C=CCC(N)c1nc(C2CN3CCN2CC3)no1. The Morgan fingerprint density at radius 1 is 1.44 bits per heavy atom. The smallest absolute Gasteiger partial charge is 0.243 e. The summed E-state index contributed by atoms with van der Waals surface area (Å²) in [6, 6.07) is 0.0285. The second-order valence-corrected chi connectivity index (χ2v) is 4.97. The summed E-state index contributed by atoms with van der Waals surface area (Å²) < 4.78 is 5.26. The minimum atomic E-state index is -0.236. The Bertz CT molecular complexity index is 424. The highest BCUT2D eigenvalue weighted by atomic mass is 16.5. The van der Waals surface area contributed by atoms with Crippen molar-refractivity contribution in [3.05, 3.63) is 24.4 Å². The topological polar surface area (TPSA) is 71.4 Å². The lowest BCUT2D eigenvalue weighted by Gasteiger charge is -2.46. The molecule has 0 aliphatic carbocycles. The average Bonchev–Trinajstić information content (AvgIpc) is 2.90. The van der Waals surface area contributed by atoms with Gasteiger partial charge in [-0.2, -0.15) is 4.98 Å². The first kappa shape index (κ1) is 11.8. The molecule has 3 saturated heterocycles. The summed E-state index contributed by atoms with van der Waals surface area (Å²) >= 11 is 0. The molecule has 0 spiro atoms. The van der Waals surface area contributed by atoms with Crippen LogP contribution in [-0.2, 0) is 0 Å². The lowest BCUT2D eigenvalue weighted by atomic mass is 10.1. The molecule has 2 N–H and O–H groups in total. The third kappa shape index (κ3) is 2.07. The van der Waals surface area contributed by atoms with E-state index in [1.54, 1.807) is 6.08 Å². The Balaban J connectivity index is 1.75. The second-order valence-electron chi connectivity index (χ2n) is 4.97. The number of rotatable bonds is 4. The Kier molecular flexibility index (Phi) is 3.15. The molecule has 4 heterocycles. The molecule has 2 unspecified atom stereocenters. The van der Waals surface area contributed by atoms with Crippen molar-refractivity contribution >= 4 is 0 Å². The highest BCUT2D eigenvalue weighted by molar-refractivity contribution is 5.03. The zero-order valence-electron chi connectivity index (χ0n) is 10.5. The summed E-state index contributed by atoms with van der Waals surface area (Å²) in [4.78, 5) is 9.33. The van der Waals surface area contributed by atoms with Crippen molar-refractivity contribution in [1.82, 2.24) is 19.9 Å². The first-order valence-corrected chi connectivity index (χ1v) is 6.44. The summed E-state index contributed by atoms with van der Waals surface area (Å²) in [5, 5.41) is 4.09. The van der Waals surface area contributed by atoms with Crippen LogP contribution in [0.3, 0.4) is 0 Å². The Labute approximate surface area is 106 Å². The maximum absolute atomic E-state index is 5.93. The van der Waals surface area contributed by atoms with Crippen LogP contribution in [0.4, 0.5) is 0 Å². The van der Waals surface area contributed by atoms with Gasteiger partial charge >= 0.3 is 0 Å². The molecule has 2 atom stereocenters. The fraction of sp³-hybridized carbons (Fsp3) is 0.667. The molecule has 0 amide bonds. The average molecular weight is 249 g/mol. The highest BCUT2D eigenvalue weighted by Gasteiger charge is 2.35. The summed E-state index contributed by atoms with van der Waals surface area (Å²) in [5.41, 5.74) is 5.93. The van der Waals surface area contributed by atoms with Gasteiger partial charge in [0.1, 0.15) is 0 Å². The first-order valence-electron chi connectivity index (χ1n) is 6.44. The molecule has 98 valence electrons. The number of hydrogen-bond acceptors (Lipinski definition) is 6. The zero-order chi connectivity index (χ0) is 12.5. The number of piperazine rings is 3. The van der Waals surface area contributed by atoms with Gasteiger partial charge in [-0.3, -0.25) is 9.80 Å². The number of aromatic nitrogens is 2. The van der Waals surface area contributed by atoms with Crippen LogP contribution in [0.2, 0.25) is 0 Å². The van der Waals surface area contributed by atoms with Gasteiger partial charge in [0, 0.05) is 32.7 Å². The van der Waals surface area contributed by atoms with Gasteiger partial charge < -0.3 is 10.3 Å². The summed E-state index contributed by atoms with van der Waals surface area (Å²) in [5.74, 6) is 1.29. The second kappa shape index (κ2) is 4.79. The molecule has 3 fully saturated rings. The van der Waals surface area contributed by atoms with Gasteiger partial charge in [-0.1, -0.05) is 11.2 Å². The molecule has 0 saturated carbocycles. The van der Waals surface area contributed by atoms with Crippen molar-refractivity contribution in [2.24, 2.45) is 5.73 Å². The molecule has 2 bridgehead atoms. The standard InChI is InChI=1S/C12H19N5O/c1-2-3-9(13)12-14-11(15-18-12)10-8-16-4-6-17(10)7-5-16/h2,9-10H,1,3-8,13H2. The van der Waals surface area contributed by atoms with Crippen molar-refractivity contribution in [3.63, 3.8) is 0 Å². The van der Waals surface area contributed by atoms with Gasteiger partial charge in [0.15, 0.2) is 5.82 Å². The molecular weight excluding hydrogens is 230 g/mol. The van der Waals surface area contributed by atoms with Crippen LogP contribution in [0.5, 0.6) is 0 Å². The van der Waals surface area contributed by atoms with Gasteiger partial charge in [0.2, 0.25) is 5.89 Å². The van der Waals surface area contributed by atoms with E-state index in [0.29, 0.717) is 12.3 Å². The van der Waals surface area contributed by atoms with E-state index < -0.39 is 0 Å². The summed E-state index contributed by atoms with van der Waals surface area (Å²) in [7, 11) is 0. The molecular formula is C12H19N5O. The van der Waals surface area contributed by atoms with Crippen molar-refractivity contribution in [3.8, 4) is 0 Å². The molecule has 0 radical (unpaired) electrons. The van der Waals surface area contributed by atoms with E-state index in [9.17, 15) is 0 Å². The van der Waals surface area contributed by atoms with Gasteiger partial charge in [-0.25, -0.2) is 0 Å². The predicted molar refractivity (Wildman–Crippen MR) is 66.8 cm³/mol. The summed E-state index contributed by atoms with van der Waals surface area (Å²) in [6.07, 6.45) is 2.43. The predicted octanol–water partition coefficient (Wildman–Crippen LogP) is 0.318. The monoisotopic (exact) mass is 249 g/mol. The lowest BCUT2D eigenvalue weighted by Crippen LogP contribution is -2.57. The maximum atomic E-state index is 5.93. The molecule has 6 nitrogen and oxygen atoms in total. The Morgan fingerprint density at radius 2 is 2.22 bits per heavy atom. The molecule has 4 rings (SSSR count). The van der Waals surface area contributed by atoms with Crippen LogP contribution in [0.25, 0.3) is 0 Å². The molecule has 3 aliphatic heterocycles. The first-order chi connectivity index (χ1) is 8.78. The van der Waals surface area contributed by atoms with E-state index in [1.165, 1.54) is 0 Å². The number of fused-ring (bicyclic) bond motifs is 3.